The third-order valence-corrected chi connectivity index (χ3v) is 4.92. The fraction of sp³-hybridized carbons (Fsp3) is 0.773. The highest BCUT2D eigenvalue weighted by atomic mass is 16.5. The summed E-state index contributed by atoms with van der Waals surface area (Å²) in [6, 6.07) is 0. The van der Waals surface area contributed by atoms with Crippen LogP contribution in [-0.2, 0) is 19.1 Å². The molecule has 1 aliphatic rings. The van der Waals surface area contributed by atoms with Gasteiger partial charge in [0, 0.05) is 30.7 Å². The summed E-state index contributed by atoms with van der Waals surface area (Å²) >= 11 is 0. The summed E-state index contributed by atoms with van der Waals surface area (Å²) in [6.07, 6.45) is 10.6. The largest absolute Gasteiger partial charge is 0.466 e. The molecule has 0 atom stereocenters. The number of amides is 2. The second kappa shape index (κ2) is 16.5. The molecule has 0 bridgehead atoms. The molecular formula is C22H38N4O4. The lowest BCUT2D eigenvalue weighted by molar-refractivity contribution is -0.144. The summed E-state index contributed by atoms with van der Waals surface area (Å²) in [7, 11) is 0. The summed E-state index contributed by atoms with van der Waals surface area (Å²) in [5.74, 6) is -0.398. The molecule has 8 nitrogen and oxygen atoms in total. The SMILES string of the molecule is C/C1=N/NC(=O)CCCCC(=O)N/N=C(/C)CCCCCC(=O)OCCCCCC1. The highest BCUT2D eigenvalue weighted by Gasteiger charge is 2.05. The van der Waals surface area contributed by atoms with Gasteiger partial charge in [0.25, 0.3) is 0 Å². The Morgan fingerprint density at radius 3 is 1.60 bits per heavy atom. The molecule has 0 fully saturated rings. The number of hydrogen-bond donors (Lipinski definition) is 2. The van der Waals surface area contributed by atoms with Crippen molar-refractivity contribution in [2.24, 2.45) is 10.2 Å². The van der Waals surface area contributed by atoms with E-state index in [2.05, 4.69) is 21.1 Å². The lowest BCUT2D eigenvalue weighted by Gasteiger charge is -2.05. The van der Waals surface area contributed by atoms with Crippen LogP contribution in [0, 0.1) is 0 Å². The number of hydrazone groups is 2. The van der Waals surface area contributed by atoms with Crippen LogP contribution < -0.4 is 10.9 Å². The molecule has 1 aliphatic heterocycles. The lowest BCUT2D eigenvalue weighted by Crippen LogP contribution is -2.20. The molecule has 0 unspecified atom stereocenters. The predicted molar refractivity (Wildman–Crippen MR) is 118 cm³/mol. The average molecular weight is 423 g/mol. The quantitative estimate of drug-likeness (QED) is 0.575. The molecule has 0 saturated heterocycles. The van der Waals surface area contributed by atoms with Crippen LogP contribution in [0.25, 0.3) is 0 Å². The van der Waals surface area contributed by atoms with Crippen LogP contribution in [0.1, 0.15) is 104 Å². The van der Waals surface area contributed by atoms with E-state index in [0.717, 1.165) is 69.2 Å². The number of nitrogens with zero attached hydrogens (tertiary/aromatic N) is 2. The molecule has 30 heavy (non-hydrogen) atoms. The van der Waals surface area contributed by atoms with E-state index in [9.17, 15) is 14.4 Å². The third kappa shape index (κ3) is 14.7. The molecule has 0 aliphatic carbocycles. The van der Waals surface area contributed by atoms with E-state index < -0.39 is 0 Å². The number of hydrogen-bond acceptors (Lipinski definition) is 6. The van der Waals surface area contributed by atoms with Crippen LogP contribution >= 0.6 is 0 Å². The summed E-state index contributed by atoms with van der Waals surface area (Å²) < 4.78 is 5.28. The normalized spacial score (nSPS) is 24.5. The maximum absolute atomic E-state index is 11.8. The smallest absolute Gasteiger partial charge is 0.305 e. The van der Waals surface area contributed by atoms with E-state index in [1.165, 1.54) is 0 Å². The van der Waals surface area contributed by atoms with E-state index in [1.807, 2.05) is 13.8 Å². The van der Waals surface area contributed by atoms with Crippen LogP contribution in [0.15, 0.2) is 10.2 Å². The molecule has 0 radical (unpaired) electrons. The number of ether oxygens (including phenoxy) is 1. The zero-order valence-electron chi connectivity index (χ0n) is 18.6. The van der Waals surface area contributed by atoms with Gasteiger partial charge in [-0.1, -0.05) is 19.3 Å². The van der Waals surface area contributed by atoms with Gasteiger partial charge in [0.05, 0.1) is 6.61 Å². The van der Waals surface area contributed by atoms with Gasteiger partial charge in [-0.3, -0.25) is 14.4 Å². The van der Waals surface area contributed by atoms with Crippen LogP contribution in [0.3, 0.4) is 0 Å². The first-order valence-corrected chi connectivity index (χ1v) is 11.3. The fourth-order valence-electron chi connectivity index (χ4n) is 3.03. The first-order chi connectivity index (χ1) is 14.5. The van der Waals surface area contributed by atoms with Crippen molar-refractivity contribution in [3.63, 3.8) is 0 Å². The number of esters is 1. The van der Waals surface area contributed by atoms with Crippen molar-refractivity contribution in [2.45, 2.75) is 104 Å². The minimum Gasteiger partial charge on any atom is -0.466 e. The maximum atomic E-state index is 11.8. The fourth-order valence-corrected chi connectivity index (χ4v) is 3.03. The molecule has 2 N–H and O–H groups in total. The van der Waals surface area contributed by atoms with E-state index in [0.29, 0.717) is 38.7 Å². The topological polar surface area (TPSA) is 109 Å². The monoisotopic (exact) mass is 422 g/mol. The second-order valence-corrected chi connectivity index (χ2v) is 7.92. The van der Waals surface area contributed by atoms with E-state index >= 15 is 0 Å². The van der Waals surface area contributed by atoms with Gasteiger partial charge >= 0.3 is 5.97 Å². The summed E-state index contributed by atoms with van der Waals surface area (Å²) in [6.45, 7) is 4.27. The summed E-state index contributed by atoms with van der Waals surface area (Å²) in [4.78, 5) is 35.4. The maximum Gasteiger partial charge on any atom is 0.305 e. The molecule has 170 valence electrons. The number of nitrogens with one attached hydrogen (secondary N) is 2. The highest BCUT2D eigenvalue weighted by Crippen LogP contribution is 2.08. The Hall–Kier alpha value is -2.25. The van der Waals surface area contributed by atoms with Crippen molar-refractivity contribution in [2.75, 3.05) is 6.61 Å². The number of carbonyl (C=O) groups excluding carboxylic acids is 3. The Balaban J connectivity index is 2.45. The standard InChI is InChI=1S/C22H38N4O4/c1-18-12-6-3-4-11-17-30-22(29)16-8-5-7-13-19(2)24-26-21(28)15-10-9-14-20(27)25-23-18/h3-17H2,1-2H3,(H,25,27)(H,26,28)/b23-18-,24-19-. The highest BCUT2D eigenvalue weighted by molar-refractivity contribution is 5.85. The van der Waals surface area contributed by atoms with Crippen molar-refractivity contribution < 1.29 is 19.1 Å². The van der Waals surface area contributed by atoms with E-state index in [1.54, 1.807) is 0 Å². The predicted octanol–water partition coefficient (Wildman–Crippen LogP) is 3.99. The molecule has 1 heterocycles. The lowest BCUT2D eigenvalue weighted by atomic mass is 10.1. The van der Waals surface area contributed by atoms with Crippen molar-refractivity contribution in [1.29, 1.82) is 0 Å². The number of rotatable bonds is 0. The van der Waals surface area contributed by atoms with E-state index in [4.69, 9.17) is 4.74 Å². The number of carbonyl (C=O) groups is 3. The number of cyclic esters (lactones) is 1. The molecule has 0 aromatic heterocycles. The van der Waals surface area contributed by atoms with Crippen molar-refractivity contribution in [1.82, 2.24) is 10.9 Å². The Morgan fingerprint density at radius 2 is 1.03 bits per heavy atom. The zero-order valence-corrected chi connectivity index (χ0v) is 18.6. The van der Waals surface area contributed by atoms with Gasteiger partial charge in [0.1, 0.15) is 0 Å². The minimum atomic E-state index is -0.142. The van der Waals surface area contributed by atoms with Crippen molar-refractivity contribution in [3.8, 4) is 0 Å². The molecule has 1 rings (SSSR count). The van der Waals surface area contributed by atoms with Gasteiger partial charge in [-0.25, -0.2) is 10.9 Å². The van der Waals surface area contributed by atoms with Crippen LogP contribution in [0.4, 0.5) is 0 Å². The summed E-state index contributed by atoms with van der Waals surface area (Å²) in [5.41, 5.74) is 6.91. The van der Waals surface area contributed by atoms with E-state index in [-0.39, 0.29) is 17.8 Å². The Bertz CT molecular complexity index is 602. The Kier molecular flexibility index (Phi) is 14.2. The minimum absolute atomic E-state index is 0.128. The molecule has 0 aromatic rings. The molecule has 0 aromatic carbocycles. The first-order valence-electron chi connectivity index (χ1n) is 11.3. The first kappa shape index (κ1) is 25.8. The molecular weight excluding hydrogens is 384 g/mol. The molecule has 0 saturated carbocycles. The Labute approximate surface area is 180 Å². The van der Waals surface area contributed by atoms with Crippen LogP contribution in [-0.4, -0.2) is 35.8 Å². The van der Waals surface area contributed by atoms with Gasteiger partial charge in [0.15, 0.2) is 0 Å². The van der Waals surface area contributed by atoms with Gasteiger partial charge in [-0.2, -0.15) is 10.2 Å². The van der Waals surface area contributed by atoms with Crippen molar-refractivity contribution in [3.05, 3.63) is 0 Å². The van der Waals surface area contributed by atoms with Gasteiger partial charge in [-0.05, 0) is 65.2 Å². The second-order valence-electron chi connectivity index (χ2n) is 7.92. The Morgan fingerprint density at radius 1 is 0.600 bits per heavy atom. The molecule has 0 spiro atoms. The summed E-state index contributed by atoms with van der Waals surface area (Å²) in [5, 5.41) is 8.24. The van der Waals surface area contributed by atoms with Crippen LogP contribution in [0.5, 0.6) is 0 Å². The van der Waals surface area contributed by atoms with Crippen molar-refractivity contribution >= 4 is 29.2 Å². The van der Waals surface area contributed by atoms with Crippen LogP contribution in [0.2, 0.25) is 0 Å². The van der Waals surface area contributed by atoms with Gasteiger partial charge in [-0.15, -0.1) is 0 Å². The van der Waals surface area contributed by atoms with Gasteiger partial charge < -0.3 is 4.74 Å². The third-order valence-electron chi connectivity index (χ3n) is 4.92. The van der Waals surface area contributed by atoms with Gasteiger partial charge in [0.2, 0.25) is 11.8 Å². The average Bonchev–Trinajstić information content (AvgIpc) is 2.72. The molecule has 8 heteroatoms. The molecule has 2 amide bonds. The zero-order chi connectivity index (χ0) is 22.0.